The van der Waals surface area contributed by atoms with Crippen molar-refractivity contribution in [2.75, 3.05) is 18.0 Å². The normalized spacial score (nSPS) is 14.0. The topological polar surface area (TPSA) is 66.2 Å². The molecule has 8 heteroatoms. The van der Waals surface area contributed by atoms with E-state index in [1.54, 1.807) is 13.0 Å². The summed E-state index contributed by atoms with van der Waals surface area (Å²) in [4.78, 5) is 17.5. The van der Waals surface area contributed by atoms with Gasteiger partial charge in [-0.1, -0.05) is 31.2 Å². The second-order valence-electron chi connectivity index (χ2n) is 6.76. The van der Waals surface area contributed by atoms with Crippen LogP contribution < -0.4 is 4.90 Å². The van der Waals surface area contributed by atoms with E-state index >= 15 is 0 Å². The first-order chi connectivity index (χ1) is 13.8. The Hall–Kier alpha value is -3.08. The van der Waals surface area contributed by atoms with Crippen LogP contribution in [0.4, 0.5) is 19.0 Å². The number of aromatic nitrogens is 1. The molecule has 0 N–H and O–H groups in total. The third-order valence-corrected chi connectivity index (χ3v) is 4.96. The summed E-state index contributed by atoms with van der Waals surface area (Å²) in [5, 5.41) is 9.58. The molecule has 2 aromatic rings. The van der Waals surface area contributed by atoms with E-state index in [9.17, 15) is 23.2 Å². The summed E-state index contributed by atoms with van der Waals surface area (Å²) in [5.41, 5.74) is 3.65. The summed E-state index contributed by atoms with van der Waals surface area (Å²) >= 11 is 0. The number of nitriles is 1. The molecule has 0 aliphatic carbocycles. The molecule has 1 aromatic heterocycles. The van der Waals surface area contributed by atoms with E-state index in [1.807, 2.05) is 17.0 Å². The molecule has 0 radical (unpaired) electrons. The maximum atomic E-state index is 12.5. The largest absolute Gasteiger partial charge is 0.490 e. The van der Waals surface area contributed by atoms with Crippen molar-refractivity contribution in [3.63, 3.8) is 0 Å². The number of rotatable bonds is 4. The molecule has 5 nitrogen and oxygen atoms in total. The van der Waals surface area contributed by atoms with Crippen LogP contribution in [0.3, 0.4) is 0 Å². The molecule has 0 fully saturated rings. The number of hydrogen-bond donors (Lipinski definition) is 0. The highest BCUT2D eigenvalue weighted by Crippen LogP contribution is 2.26. The molecule has 0 spiro atoms. The molecule has 29 heavy (non-hydrogen) atoms. The number of nitrogens with zero attached hydrogens (tertiary/aromatic N) is 3. The number of carbonyl (C=O) groups is 1. The number of pyridine rings is 1. The smallest absolute Gasteiger partial charge is 0.453 e. The van der Waals surface area contributed by atoms with Crippen LogP contribution in [0.5, 0.6) is 0 Å². The van der Waals surface area contributed by atoms with Crippen molar-refractivity contribution in [2.45, 2.75) is 39.0 Å². The van der Waals surface area contributed by atoms with Gasteiger partial charge in [-0.3, -0.25) is 0 Å². The molecule has 0 atom stereocenters. The van der Waals surface area contributed by atoms with Gasteiger partial charge in [0.15, 0.2) is 0 Å². The number of anilines is 1. The fourth-order valence-electron chi connectivity index (χ4n) is 3.43. The molecule has 2 heterocycles. The first-order valence-electron chi connectivity index (χ1n) is 9.32. The van der Waals surface area contributed by atoms with Gasteiger partial charge in [0.2, 0.25) is 0 Å². The van der Waals surface area contributed by atoms with Crippen LogP contribution in [-0.2, 0) is 35.4 Å². The molecule has 1 aliphatic rings. The fraction of sp³-hybridized carbons (Fsp3) is 0.381. The monoisotopic (exact) mass is 403 g/mol. The Morgan fingerprint density at radius 2 is 1.86 bits per heavy atom. The van der Waals surface area contributed by atoms with Gasteiger partial charge >= 0.3 is 12.1 Å². The van der Waals surface area contributed by atoms with Crippen LogP contribution in [0.25, 0.3) is 0 Å². The zero-order valence-electron chi connectivity index (χ0n) is 15.9. The molecular weight excluding hydrogens is 383 g/mol. The number of alkyl halides is 3. The van der Waals surface area contributed by atoms with Gasteiger partial charge in [0, 0.05) is 13.1 Å². The molecule has 0 saturated heterocycles. The summed E-state index contributed by atoms with van der Waals surface area (Å²) < 4.78 is 41.8. The van der Waals surface area contributed by atoms with E-state index in [-0.39, 0.29) is 5.69 Å². The standard InChI is InChI=1S/C21H20F3N3O2/c1-2-14-11-17(12-25)19(26-18(14)13-29-20(28)21(22,23)24)27-9-7-15-5-3-4-6-16(15)8-10-27/h3-6,11H,2,7-10,13H2,1H3. The van der Waals surface area contributed by atoms with E-state index in [0.29, 0.717) is 36.5 Å². The average molecular weight is 403 g/mol. The summed E-state index contributed by atoms with van der Waals surface area (Å²) in [5.74, 6) is -1.84. The Balaban J connectivity index is 1.88. The van der Waals surface area contributed by atoms with Gasteiger partial charge in [0.05, 0.1) is 11.3 Å². The SMILES string of the molecule is CCc1cc(C#N)c(N2CCc3ccccc3CC2)nc1COC(=O)C(F)(F)F. The number of fused-ring (bicyclic) bond motifs is 1. The van der Waals surface area contributed by atoms with Crippen molar-refractivity contribution < 1.29 is 22.7 Å². The minimum atomic E-state index is -5.06. The summed E-state index contributed by atoms with van der Waals surface area (Å²) in [6.45, 7) is 2.47. The predicted molar refractivity (Wildman–Crippen MR) is 100 cm³/mol. The van der Waals surface area contributed by atoms with E-state index in [2.05, 4.69) is 27.9 Å². The second kappa shape index (κ2) is 8.52. The van der Waals surface area contributed by atoms with Crippen molar-refractivity contribution in [3.05, 3.63) is 58.3 Å². The van der Waals surface area contributed by atoms with Crippen LogP contribution in [0.15, 0.2) is 30.3 Å². The van der Waals surface area contributed by atoms with Crippen LogP contribution in [0.1, 0.15) is 34.9 Å². The molecule has 1 aromatic carbocycles. The second-order valence-corrected chi connectivity index (χ2v) is 6.76. The van der Waals surface area contributed by atoms with Crippen molar-refractivity contribution in [1.29, 1.82) is 5.26 Å². The fourth-order valence-corrected chi connectivity index (χ4v) is 3.43. The minimum Gasteiger partial charge on any atom is -0.453 e. The lowest BCUT2D eigenvalue weighted by Gasteiger charge is -2.24. The Labute approximate surface area is 166 Å². The van der Waals surface area contributed by atoms with E-state index in [4.69, 9.17) is 0 Å². The number of ether oxygens (including phenoxy) is 1. The highest BCUT2D eigenvalue weighted by atomic mass is 19.4. The van der Waals surface area contributed by atoms with Crippen LogP contribution in [0, 0.1) is 11.3 Å². The van der Waals surface area contributed by atoms with Crippen molar-refractivity contribution >= 4 is 11.8 Å². The number of aryl methyl sites for hydroxylation is 1. The highest BCUT2D eigenvalue weighted by Gasteiger charge is 2.41. The van der Waals surface area contributed by atoms with Gasteiger partial charge in [0.25, 0.3) is 0 Å². The molecule has 0 saturated carbocycles. The van der Waals surface area contributed by atoms with Gasteiger partial charge in [0.1, 0.15) is 18.5 Å². The first-order valence-corrected chi connectivity index (χ1v) is 9.32. The van der Waals surface area contributed by atoms with Gasteiger partial charge in [-0.25, -0.2) is 9.78 Å². The summed E-state index contributed by atoms with van der Waals surface area (Å²) in [6.07, 6.45) is -3.06. The van der Waals surface area contributed by atoms with E-state index in [1.165, 1.54) is 11.1 Å². The molecule has 0 unspecified atom stereocenters. The third-order valence-electron chi connectivity index (χ3n) is 4.96. The minimum absolute atomic E-state index is 0.237. The lowest BCUT2D eigenvalue weighted by molar-refractivity contribution is -0.201. The molecular formula is C21H20F3N3O2. The lowest BCUT2D eigenvalue weighted by Crippen LogP contribution is -2.29. The highest BCUT2D eigenvalue weighted by molar-refractivity contribution is 5.75. The maximum Gasteiger partial charge on any atom is 0.490 e. The number of hydrogen-bond acceptors (Lipinski definition) is 5. The zero-order valence-corrected chi connectivity index (χ0v) is 15.9. The van der Waals surface area contributed by atoms with Crippen LogP contribution in [-0.4, -0.2) is 30.2 Å². The van der Waals surface area contributed by atoms with Gasteiger partial charge in [-0.15, -0.1) is 0 Å². The van der Waals surface area contributed by atoms with Crippen molar-refractivity contribution in [3.8, 4) is 6.07 Å². The Kier molecular flexibility index (Phi) is 6.06. The van der Waals surface area contributed by atoms with Crippen molar-refractivity contribution in [1.82, 2.24) is 4.98 Å². The Bertz CT molecular complexity index is 924. The predicted octanol–water partition coefficient (Wildman–Crippen LogP) is 3.73. The van der Waals surface area contributed by atoms with Gasteiger partial charge < -0.3 is 9.64 Å². The number of esters is 1. The third kappa shape index (κ3) is 4.67. The van der Waals surface area contributed by atoms with E-state index < -0.39 is 18.8 Å². The van der Waals surface area contributed by atoms with Crippen molar-refractivity contribution in [2.24, 2.45) is 0 Å². The molecule has 3 rings (SSSR count). The van der Waals surface area contributed by atoms with Gasteiger partial charge in [-0.2, -0.15) is 18.4 Å². The Morgan fingerprint density at radius 3 is 2.38 bits per heavy atom. The number of halogens is 3. The first kappa shape index (κ1) is 20.6. The summed E-state index contributed by atoms with van der Waals surface area (Å²) in [6, 6.07) is 11.9. The maximum absolute atomic E-state index is 12.5. The molecule has 0 bridgehead atoms. The number of benzene rings is 1. The molecule has 0 amide bonds. The Morgan fingerprint density at radius 1 is 1.24 bits per heavy atom. The number of carbonyl (C=O) groups excluding carboxylic acids is 1. The van der Waals surface area contributed by atoms with Crippen LogP contribution in [0.2, 0.25) is 0 Å². The quantitative estimate of drug-likeness (QED) is 0.728. The van der Waals surface area contributed by atoms with E-state index in [0.717, 1.165) is 12.8 Å². The lowest BCUT2D eigenvalue weighted by atomic mass is 10.0. The molecule has 152 valence electrons. The van der Waals surface area contributed by atoms with Gasteiger partial charge in [-0.05, 0) is 42.0 Å². The average Bonchev–Trinajstić information content (AvgIpc) is 2.93. The molecule has 1 aliphatic heterocycles. The summed E-state index contributed by atoms with van der Waals surface area (Å²) in [7, 11) is 0. The zero-order chi connectivity index (χ0) is 21.0. The van der Waals surface area contributed by atoms with Crippen LogP contribution >= 0.6 is 0 Å².